The van der Waals surface area contributed by atoms with Crippen LogP contribution < -0.4 is 0 Å². The van der Waals surface area contributed by atoms with Crippen molar-refractivity contribution >= 4 is 17.9 Å². The molecule has 0 aromatic heterocycles. The molecule has 0 bridgehead atoms. The second-order valence-electron chi connectivity index (χ2n) is 6.41. The average molecular weight is 368 g/mol. The highest BCUT2D eigenvalue weighted by atomic mass is 16.6. The number of rotatable bonds is 8. The fourth-order valence-corrected chi connectivity index (χ4v) is 3.01. The highest BCUT2D eigenvalue weighted by Crippen LogP contribution is 2.33. The van der Waals surface area contributed by atoms with Crippen LogP contribution in [0.15, 0.2) is 24.8 Å². The molecular weight excluding hydrogens is 340 g/mol. The molecule has 0 unspecified atom stereocenters. The minimum Gasteiger partial charge on any atom is -0.460 e. The summed E-state index contributed by atoms with van der Waals surface area (Å²) in [6.45, 7) is 13.4. The van der Waals surface area contributed by atoms with Gasteiger partial charge in [0.2, 0.25) is 0 Å². The molecule has 1 fully saturated rings. The molecule has 7 heteroatoms. The lowest BCUT2D eigenvalue weighted by Gasteiger charge is -2.43. The van der Waals surface area contributed by atoms with E-state index in [4.69, 9.17) is 18.9 Å². The molecule has 0 aromatic carbocycles. The Hall–Kier alpha value is -2.15. The lowest BCUT2D eigenvalue weighted by molar-refractivity contribution is -0.222. The van der Waals surface area contributed by atoms with Gasteiger partial charge in [0.1, 0.15) is 18.3 Å². The minimum atomic E-state index is -0.916. The van der Waals surface area contributed by atoms with Crippen molar-refractivity contribution in [2.75, 3.05) is 6.61 Å². The van der Waals surface area contributed by atoms with Gasteiger partial charge >= 0.3 is 17.9 Å². The van der Waals surface area contributed by atoms with Crippen molar-refractivity contribution in [3.05, 3.63) is 24.8 Å². The van der Waals surface area contributed by atoms with Crippen LogP contribution in [0.25, 0.3) is 0 Å². The number of hydrogen-bond acceptors (Lipinski definition) is 7. The van der Waals surface area contributed by atoms with Gasteiger partial charge in [0.05, 0.1) is 6.61 Å². The summed E-state index contributed by atoms with van der Waals surface area (Å²) in [6, 6.07) is 0. The first-order valence-electron chi connectivity index (χ1n) is 8.56. The van der Waals surface area contributed by atoms with Gasteiger partial charge in [-0.2, -0.15) is 0 Å². The summed E-state index contributed by atoms with van der Waals surface area (Å²) in [5.41, 5.74) is 0.738. The first kappa shape index (κ1) is 21.9. The fraction of sp³-hybridized carbons (Fsp3) is 0.632. The summed E-state index contributed by atoms with van der Waals surface area (Å²) in [5.74, 6) is -1.87. The van der Waals surface area contributed by atoms with E-state index in [1.54, 1.807) is 13.0 Å². The van der Waals surface area contributed by atoms with Crippen molar-refractivity contribution in [3.8, 4) is 0 Å². The highest BCUT2D eigenvalue weighted by Gasteiger charge is 2.48. The third-order valence-electron chi connectivity index (χ3n) is 4.09. The lowest BCUT2D eigenvalue weighted by Crippen LogP contribution is -2.58. The molecule has 0 radical (unpaired) electrons. The number of carbonyl (C=O) groups excluding carboxylic acids is 3. The summed E-state index contributed by atoms with van der Waals surface area (Å²) < 4.78 is 22.2. The predicted octanol–water partition coefficient (Wildman–Crippen LogP) is 2.34. The topological polar surface area (TPSA) is 88.1 Å². The zero-order valence-corrected chi connectivity index (χ0v) is 15.9. The smallest absolute Gasteiger partial charge is 0.303 e. The molecule has 26 heavy (non-hydrogen) atoms. The van der Waals surface area contributed by atoms with Gasteiger partial charge in [0, 0.05) is 26.7 Å². The third-order valence-corrected chi connectivity index (χ3v) is 4.09. The Balaban J connectivity index is 3.22. The summed E-state index contributed by atoms with van der Waals surface area (Å²) in [6.07, 6.45) is -0.402. The molecule has 0 amide bonds. The molecule has 5 atom stereocenters. The molecule has 0 N–H and O–H groups in total. The van der Waals surface area contributed by atoms with Gasteiger partial charge in [-0.25, -0.2) is 0 Å². The van der Waals surface area contributed by atoms with Gasteiger partial charge in [-0.3, -0.25) is 14.4 Å². The van der Waals surface area contributed by atoms with Gasteiger partial charge in [0.25, 0.3) is 0 Å². The van der Waals surface area contributed by atoms with Gasteiger partial charge in [-0.1, -0.05) is 18.2 Å². The highest BCUT2D eigenvalue weighted by molar-refractivity contribution is 5.68. The van der Waals surface area contributed by atoms with Crippen LogP contribution in [0.5, 0.6) is 0 Å². The van der Waals surface area contributed by atoms with E-state index >= 15 is 0 Å². The van der Waals surface area contributed by atoms with E-state index in [1.807, 2.05) is 0 Å². The van der Waals surface area contributed by atoms with Gasteiger partial charge in [-0.15, -0.1) is 6.58 Å². The van der Waals surface area contributed by atoms with E-state index in [0.29, 0.717) is 12.8 Å². The predicted molar refractivity (Wildman–Crippen MR) is 94.1 cm³/mol. The van der Waals surface area contributed by atoms with Crippen LogP contribution in [0.2, 0.25) is 0 Å². The zero-order chi connectivity index (χ0) is 19.9. The molecular formula is C19H28O7. The summed E-state index contributed by atoms with van der Waals surface area (Å²) >= 11 is 0. The van der Waals surface area contributed by atoms with Crippen molar-refractivity contribution in [3.63, 3.8) is 0 Å². The molecule has 1 aliphatic rings. The van der Waals surface area contributed by atoms with Crippen molar-refractivity contribution < 1.29 is 33.3 Å². The van der Waals surface area contributed by atoms with Gasteiger partial charge in [-0.05, 0) is 19.8 Å². The average Bonchev–Trinajstić information content (AvgIpc) is 2.51. The largest absolute Gasteiger partial charge is 0.460 e. The van der Waals surface area contributed by atoms with Crippen LogP contribution in [0, 0.1) is 5.92 Å². The summed E-state index contributed by atoms with van der Waals surface area (Å²) in [7, 11) is 0. The van der Waals surface area contributed by atoms with Crippen LogP contribution in [0.1, 0.15) is 40.5 Å². The number of hydrogen-bond donors (Lipinski definition) is 0. The second-order valence-corrected chi connectivity index (χ2v) is 6.41. The van der Waals surface area contributed by atoms with Crippen LogP contribution in [-0.2, 0) is 33.3 Å². The summed E-state index contributed by atoms with van der Waals surface area (Å²) in [5, 5.41) is 0. The molecule has 146 valence electrons. The van der Waals surface area contributed by atoms with Crippen LogP contribution in [0.3, 0.4) is 0 Å². The number of esters is 3. The Morgan fingerprint density at radius 3 is 2.12 bits per heavy atom. The van der Waals surface area contributed by atoms with Crippen LogP contribution in [-0.4, -0.2) is 48.9 Å². The molecule has 1 aliphatic heterocycles. The van der Waals surface area contributed by atoms with Crippen LogP contribution in [0.4, 0.5) is 0 Å². The fourth-order valence-electron chi connectivity index (χ4n) is 3.01. The standard InChI is InChI=1S/C19H28O7/c1-7-8-9-16(24-12(4)20)18-19(26-14(6)22)17(25-13(5)21)15(10-23-18)11(2)3/h7,15-19H,1-2,8-10H2,3-6H3/t15-,16-,17-,18+,19-/m0/s1. The molecule has 0 aromatic rings. The van der Waals surface area contributed by atoms with E-state index in [0.717, 1.165) is 5.57 Å². The number of carbonyl (C=O) groups is 3. The summed E-state index contributed by atoms with van der Waals surface area (Å²) in [4.78, 5) is 34.8. The van der Waals surface area contributed by atoms with Gasteiger partial charge in [0.15, 0.2) is 6.10 Å². The molecule has 1 heterocycles. The molecule has 0 spiro atoms. The molecule has 0 saturated carbocycles. The third kappa shape index (κ3) is 6.29. The molecule has 7 nitrogen and oxygen atoms in total. The van der Waals surface area contributed by atoms with Crippen LogP contribution >= 0.6 is 0 Å². The maximum atomic E-state index is 11.7. The Morgan fingerprint density at radius 2 is 1.65 bits per heavy atom. The van der Waals surface area contributed by atoms with Crippen molar-refractivity contribution in [2.45, 2.75) is 65.0 Å². The normalized spacial score (nSPS) is 26.3. The van der Waals surface area contributed by atoms with E-state index in [9.17, 15) is 14.4 Å². The number of ether oxygens (including phenoxy) is 4. The Morgan fingerprint density at radius 1 is 1.08 bits per heavy atom. The lowest BCUT2D eigenvalue weighted by atomic mass is 9.85. The first-order chi connectivity index (χ1) is 12.2. The Bertz CT molecular complexity index is 554. The van der Waals surface area contributed by atoms with Crippen molar-refractivity contribution in [2.24, 2.45) is 5.92 Å². The van der Waals surface area contributed by atoms with E-state index in [1.165, 1.54) is 20.8 Å². The van der Waals surface area contributed by atoms with Crippen molar-refractivity contribution in [1.82, 2.24) is 0 Å². The monoisotopic (exact) mass is 368 g/mol. The quantitative estimate of drug-likeness (QED) is 0.369. The maximum absolute atomic E-state index is 11.7. The molecule has 0 aliphatic carbocycles. The zero-order valence-electron chi connectivity index (χ0n) is 15.9. The van der Waals surface area contributed by atoms with E-state index in [2.05, 4.69) is 13.2 Å². The number of allylic oxidation sites excluding steroid dienone is 1. The van der Waals surface area contributed by atoms with E-state index in [-0.39, 0.29) is 12.5 Å². The second kappa shape index (κ2) is 10.1. The Kier molecular flexibility index (Phi) is 8.51. The Labute approximate surface area is 154 Å². The SMILES string of the molecule is C=CCC[C@H](OC(C)=O)[C@H]1OC[C@@H](C(=C)C)[C@H](OC(C)=O)[C@@H]1OC(C)=O. The first-order valence-corrected chi connectivity index (χ1v) is 8.56. The van der Waals surface area contributed by atoms with Crippen molar-refractivity contribution in [1.29, 1.82) is 0 Å². The maximum Gasteiger partial charge on any atom is 0.303 e. The van der Waals surface area contributed by atoms with E-state index < -0.39 is 42.3 Å². The van der Waals surface area contributed by atoms with Gasteiger partial charge < -0.3 is 18.9 Å². The minimum absolute atomic E-state index is 0.210. The molecule has 1 rings (SSSR count). The molecule has 1 saturated heterocycles.